The van der Waals surface area contributed by atoms with E-state index in [1.54, 1.807) is 17.5 Å². The minimum atomic E-state index is 0.740. The molecule has 0 amide bonds. The summed E-state index contributed by atoms with van der Waals surface area (Å²) in [5.74, 6) is 0. The van der Waals surface area contributed by atoms with E-state index in [0.717, 1.165) is 26.8 Å². The Bertz CT molecular complexity index is 1330. The fraction of sp³-hybridized carbons (Fsp3) is 0. The monoisotopic (exact) mass is 362 g/mol. The Labute approximate surface area is 161 Å². The Morgan fingerprint density at radius 1 is 0.741 bits per heavy atom. The molecule has 0 fully saturated rings. The fourth-order valence-electron chi connectivity index (χ4n) is 3.54. The second kappa shape index (κ2) is 6.35. The van der Waals surface area contributed by atoms with E-state index in [4.69, 9.17) is 0 Å². The Kier molecular flexibility index (Phi) is 3.71. The fourth-order valence-corrected chi connectivity index (χ4v) is 4.83. The van der Waals surface area contributed by atoms with Gasteiger partial charge in [0.25, 0.3) is 0 Å². The molecule has 0 unspecified atom stereocenters. The Morgan fingerprint density at radius 2 is 1.48 bits per heavy atom. The van der Waals surface area contributed by atoms with Gasteiger partial charge in [-0.2, -0.15) is 5.26 Å². The highest BCUT2D eigenvalue weighted by molar-refractivity contribution is 7.26. The molecule has 0 bridgehead atoms. The second-order valence-corrected chi connectivity index (χ2v) is 7.42. The number of thiophene rings is 1. The summed E-state index contributed by atoms with van der Waals surface area (Å²) in [6.07, 6.45) is 3.68. The van der Waals surface area contributed by atoms with E-state index in [0.29, 0.717) is 0 Å². The van der Waals surface area contributed by atoms with Crippen LogP contribution in [0.3, 0.4) is 0 Å². The molecular formula is C24H14N2S. The van der Waals surface area contributed by atoms with Crippen molar-refractivity contribution in [2.75, 3.05) is 0 Å². The van der Waals surface area contributed by atoms with E-state index < -0.39 is 0 Å². The van der Waals surface area contributed by atoms with Gasteiger partial charge < -0.3 is 0 Å². The molecule has 5 rings (SSSR count). The molecule has 0 saturated heterocycles. The van der Waals surface area contributed by atoms with Crippen molar-refractivity contribution >= 4 is 31.5 Å². The molecule has 0 saturated carbocycles. The molecule has 0 atom stereocenters. The van der Waals surface area contributed by atoms with E-state index in [2.05, 4.69) is 65.7 Å². The van der Waals surface area contributed by atoms with Crippen LogP contribution >= 0.6 is 11.3 Å². The molecule has 0 radical (unpaired) electrons. The van der Waals surface area contributed by atoms with Crippen molar-refractivity contribution in [1.29, 1.82) is 5.26 Å². The van der Waals surface area contributed by atoms with Crippen LogP contribution in [0.2, 0.25) is 0 Å². The van der Waals surface area contributed by atoms with Crippen molar-refractivity contribution in [2.24, 2.45) is 0 Å². The Morgan fingerprint density at radius 3 is 2.30 bits per heavy atom. The van der Waals surface area contributed by atoms with Gasteiger partial charge in [0.05, 0.1) is 10.3 Å². The lowest BCUT2D eigenvalue weighted by molar-refractivity contribution is 1.33. The maximum Gasteiger partial charge on any atom is 0.101 e. The van der Waals surface area contributed by atoms with Crippen molar-refractivity contribution in [1.82, 2.24) is 4.98 Å². The molecule has 0 aliphatic rings. The van der Waals surface area contributed by atoms with Crippen LogP contribution in [0.4, 0.5) is 0 Å². The van der Waals surface area contributed by atoms with Gasteiger partial charge in [0.1, 0.15) is 6.07 Å². The third kappa shape index (κ3) is 2.59. The van der Waals surface area contributed by atoms with Gasteiger partial charge in [0.15, 0.2) is 0 Å². The average Bonchev–Trinajstić information content (AvgIpc) is 3.13. The number of nitrogens with zero attached hydrogens (tertiary/aromatic N) is 2. The highest BCUT2D eigenvalue weighted by Gasteiger charge is 2.13. The third-order valence-electron chi connectivity index (χ3n) is 4.81. The molecule has 0 aliphatic heterocycles. The molecule has 0 aliphatic carbocycles. The third-order valence-corrected chi connectivity index (χ3v) is 6.10. The summed E-state index contributed by atoms with van der Waals surface area (Å²) in [4.78, 5) is 4.23. The number of hydrogen-bond acceptors (Lipinski definition) is 3. The van der Waals surface area contributed by atoms with Gasteiger partial charge in [-0.05, 0) is 34.9 Å². The first-order chi connectivity index (χ1) is 13.3. The summed E-state index contributed by atoms with van der Waals surface area (Å²) in [6.45, 7) is 0. The normalized spacial score (nSPS) is 10.9. The number of pyridine rings is 1. The smallest absolute Gasteiger partial charge is 0.101 e. The summed E-state index contributed by atoms with van der Waals surface area (Å²) in [6, 6.07) is 27.3. The SMILES string of the molecule is N#Cc1cccc2c1sc1c(-c3cccc(-c4cccnc4)c3)cccc12. The maximum atomic E-state index is 9.46. The maximum absolute atomic E-state index is 9.46. The highest BCUT2D eigenvalue weighted by atomic mass is 32.1. The number of nitriles is 1. The minimum absolute atomic E-state index is 0.740. The molecule has 27 heavy (non-hydrogen) atoms. The standard InChI is InChI=1S/C24H14N2S/c25-14-18-7-2-10-21-22-11-3-9-20(24(22)27-23(18)21)17-6-1-5-16(13-17)19-8-4-12-26-15-19/h1-13,15H. The van der Waals surface area contributed by atoms with Gasteiger partial charge in [0, 0.05) is 33.4 Å². The molecular weight excluding hydrogens is 348 g/mol. The molecule has 0 spiro atoms. The molecule has 5 aromatic rings. The lowest BCUT2D eigenvalue weighted by Gasteiger charge is -2.07. The Balaban J connectivity index is 1.76. The van der Waals surface area contributed by atoms with Crippen LogP contribution in [0.5, 0.6) is 0 Å². The van der Waals surface area contributed by atoms with Gasteiger partial charge in [-0.25, -0.2) is 0 Å². The van der Waals surface area contributed by atoms with Crippen LogP contribution < -0.4 is 0 Å². The molecule has 0 N–H and O–H groups in total. The zero-order chi connectivity index (χ0) is 18.2. The van der Waals surface area contributed by atoms with Crippen molar-refractivity contribution in [2.45, 2.75) is 0 Å². The first-order valence-electron chi connectivity index (χ1n) is 8.70. The quantitative estimate of drug-likeness (QED) is 0.352. The van der Waals surface area contributed by atoms with Crippen LogP contribution in [0.1, 0.15) is 5.56 Å². The predicted octanol–water partition coefficient (Wildman–Crippen LogP) is 6.66. The van der Waals surface area contributed by atoms with Crippen LogP contribution in [-0.2, 0) is 0 Å². The zero-order valence-corrected chi connectivity index (χ0v) is 15.2. The second-order valence-electron chi connectivity index (χ2n) is 6.40. The summed E-state index contributed by atoms with van der Waals surface area (Å²) in [5, 5.41) is 11.8. The number of hydrogen-bond donors (Lipinski definition) is 0. The topological polar surface area (TPSA) is 36.7 Å². The minimum Gasteiger partial charge on any atom is -0.264 e. The molecule has 2 aromatic heterocycles. The van der Waals surface area contributed by atoms with Crippen LogP contribution in [0, 0.1) is 11.3 Å². The summed E-state index contributed by atoms with van der Waals surface area (Å²) in [7, 11) is 0. The highest BCUT2D eigenvalue weighted by Crippen LogP contribution is 2.41. The van der Waals surface area contributed by atoms with Crippen LogP contribution in [-0.4, -0.2) is 4.98 Å². The average molecular weight is 362 g/mol. The number of fused-ring (bicyclic) bond motifs is 3. The predicted molar refractivity (Wildman–Crippen MR) is 113 cm³/mol. The van der Waals surface area contributed by atoms with Crippen LogP contribution in [0.15, 0.2) is 85.2 Å². The van der Waals surface area contributed by atoms with E-state index >= 15 is 0 Å². The van der Waals surface area contributed by atoms with E-state index in [1.165, 1.54) is 21.2 Å². The first-order valence-corrected chi connectivity index (χ1v) is 9.52. The molecule has 2 nitrogen and oxygen atoms in total. The molecule has 3 heteroatoms. The molecule has 2 heterocycles. The van der Waals surface area contributed by atoms with Crippen molar-refractivity contribution in [3.63, 3.8) is 0 Å². The van der Waals surface area contributed by atoms with Crippen molar-refractivity contribution in [3.05, 3.63) is 90.8 Å². The lowest BCUT2D eigenvalue weighted by atomic mass is 9.98. The van der Waals surface area contributed by atoms with Gasteiger partial charge in [-0.3, -0.25) is 4.98 Å². The van der Waals surface area contributed by atoms with E-state index in [9.17, 15) is 5.26 Å². The molecule has 3 aromatic carbocycles. The summed E-state index contributed by atoms with van der Waals surface area (Å²) >= 11 is 1.70. The van der Waals surface area contributed by atoms with E-state index in [1.807, 2.05) is 24.4 Å². The number of aromatic nitrogens is 1. The van der Waals surface area contributed by atoms with Gasteiger partial charge >= 0.3 is 0 Å². The van der Waals surface area contributed by atoms with Crippen molar-refractivity contribution in [3.8, 4) is 28.3 Å². The Hall–Kier alpha value is -3.48. The van der Waals surface area contributed by atoms with Crippen LogP contribution in [0.25, 0.3) is 42.4 Å². The number of benzene rings is 3. The lowest BCUT2D eigenvalue weighted by Crippen LogP contribution is -1.82. The number of rotatable bonds is 2. The first kappa shape index (κ1) is 15.7. The zero-order valence-electron chi connectivity index (χ0n) is 14.4. The largest absolute Gasteiger partial charge is 0.264 e. The molecule has 126 valence electrons. The van der Waals surface area contributed by atoms with Gasteiger partial charge in [-0.15, -0.1) is 11.3 Å². The summed E-state index contributed by atoms with van der Waals surface area (Å²) in [5.41, 5.74) is 5.37. The van der Waals surface area contributed by atoms with Crippen molar-refractivity contribution < 1.29 is 0 Å². The van der Waals surface area contributed by atoms with Gasteiger partial charge in [-0.1, -0.05) is 54.6 Å². The summed E-state index contributed by atoms with van der Waals surface area (Å²) < 4.78 is 2.28. The van der Waals surface area contributed by atoms with E-state index in [-0.39, 0.29) is 0 Å². The van der Waals surface area contributed by atoms with Gasteiger partial charge in [0.2, 0.25) is 0 Å².